The zero-order valence-electron chi connectivity index (χ0n) is 16.4. The van der Waals surface area contributed by atoms with E-state index in [9.17, 15) is 14.7 Å². The Morgan fingerprint density at radius 1 is 1.31 bits per heavy atom. The maximum absolute atomic E-state index is 12.0. The molecule has 0 bridgehead atoms. The molecule has 0 aromatic heterocycles. The van der Waals surface area contributed by atoms with Crippen LogP contribution in [0.4, 0.5) is 0 Å². The van der Waals surface area contributed by atoms with Crippen LogP contribution in [0.1, 0.15) is 72.1 Å². The van der Waals surface area contributed by atoms with Gasteiger partial charge in [0.05, 0.1) is 6.10 Å². The summed E-state index contributed by atoms with van der Waals surface area (Å²) in [6.07, 6.45) is 14.9. The Kier molecular flexibility index (Phi) is 9.57. The Hall–Kier alpha value is -1.68. The number of ketones is 1. The first-order chi connectivity index (χ1) is 12.2. The molecule has 26 heavy (non-hydrogen) atoms. The van der Waals surface area contributed by atoms with Crippen molar-refractivity contribution in [2.45, 2.75) is 78.2 Å². The van der Waals surface area contributed by atoms with Crippen LogP contribution in [0, 0.1) is 11.3 Å². The molecule has 4 nitrogen and oxygen atoms in total. The lowest BCUT2D eigenvalue weighted by molar-refractivity contribution is -0.137. The van der Waals surface area contributed by atoms with Crippen LogP contribution >= 0.6 is 0 Å². The first-order valence-corrected chi connectivity index (χ1v) is 9.76. The molecule has 4 heteroatoms. The number of carboxylic acid groups (broad SMARTS) is 1. The molecule has 2 atom stereocenters. The van der Waals surface area contributed by atoms with Crippen LogP contribution < -0.4 is 0 Å². The van der Waals surface area contributed by atoms with Crippen molar-refractivity contribution in [2.75, 3.05) is 0 Å². The summed E-state index contributed by atoms with van der Waals surface area (Å²) in [4.78, 5) is 22.5. The van der Waals surface area contributed by atoms with Crippen LogP contribution in [0.2, 0.25) is 0 Å². The third-order valence-electron chi connectivity index (χ3n) is 4.79. The van der Waals surface area contributed by atoms with Gasteiger partial charge >= 0.3 is 5.97 Å². The second-order valence-corrected chi connectivity index (χ2v) is 7.97. The van der Waals surface area contributed by atoms with Gasteiger partial charge in [0.15, 0.2) is 5.78 Å². The third kappa shape index (κ3) is 8.61. The maximum Gasteiger partial charge on any atom is 0.303 e. The minimum atomic E-state index is -0.760. The number of aliphatic hydroxyl groups is 1. The molecular weight excluding hydrogens is 328 g/mol. The predicted molar refractivity (Wildman–Crippen MR) is 105 cm³/mol. The summed E-state index contributed by atoms with van der Waals surface area (Å²) in [5.41, 5.74) is 0.869. The van der Waals surface area contributed by atoms with Gasteiger partial charge in [0.1, 0.15) is 0 Å². The van der Waals surface area contributed by atoms with Crippen LogP contribution in [0.5, 0.6) is 0 Å². The van der Waals surface area contributed by atoms with Crippen LogP contribution in [0.15, 0.2) is 36.0 Å². The molecule has 0 spiro atoms. The van der Waals surface area contributed by atoms with E-state index in [4.69, 9.17) is 5.11 Å². The summed E-state index contributed by atoms with van der Waals surface area (Å²) >= 11 is 0. The van der Waals surface area contributed by atoms with Gasteiger partial charge in [-0.05, 0) is 43.6 Å². The fourth-order valence-electron chi connectivity index (χ4n) is 3.48. The third-order valence-corrected chi connectivity index (χ3v) is 4.79. The fraction of sp³-hybridized carbons (Fsp3) is 0.636. The van der Waals surface area contributed by atoms with E-state index in [0.717, 1.165) is 37.7 Å². The van der Waals surface area contributed by atoms with Crippen LogP contribution in [0.25, 0.3) is 0 Å². The summed E-state index contributed by atoms with van der Waals surface area (Å²) < 4.78 is 0. The van der Waals surface area contributed by atoms with Crippen molar-refractivity contribution in [3.05, 3.63) is 36.0 Å². The van der Waals surface area contributed by atoms with Gasteiger partial charge < -0.3 is 10.2 Å². The molecule has 2 N–H and O–H groups in total. The Bertz CT molecular complexity index is 554. The summed E-state index contributed by atoms with van der Waals surface area (Å²) in [7, 11) is 0. The van der Waals surface area contributed by atoms with E-state index in [-0.39, 0.29) is 23.5 Å². The lowest BCUT2D eigenvalue weighted by atomic mass is 9.82. The van der Waals surface area contributed by atoms with E-state index in [0.29, 0.717) is 12.8 Å². The smallest absolute Gasteiger partial charge is 0.303 e. The number of allylic oxidation sites excluding steroid dienone is 5. The van der Waals surface area contributed by atoms with Gasteiger partial charge in [-0.2, -0.15) is 0 Å². The molecule has 0 aliphatic heterocycles. The number of hydrogen-bond acceptors (Lipinski definition) is 3. The molecule has 0 radical (unpaired) electrons. The van der Waals surface area contributed by atoms with Gasteiger partial charge in [0, 0.05) is 17.9 Å². The van der Waals surface area contributed by atoms with Crippen molar-refractivity contribution in [3.8, 4) is 0 Å². The predicted octanol–water partition coefficient (Wildman–Crippen LogP) is 4.84. The van der Waals surface area contributed by atoms with Gasteiger partial charge in [0.2, 0.25) is 0 Å². The summed E-state index contributed by atoms with van der Waals surface area (Å²) in [5.74, 6) is -0.791. The van der Waals surface area contributed by atoms with E-state index in [1.165, 1.54) is 0 Å². The van der Waals surface area contributed by atoms with Crippen LogP contribution in [0.3, 0.4) is 0 Å². The van der Waals surface area contributed by atoms with Gasteiger partial charge in [-0.1, -0.05) is 57.9 Å². The van der Waals surface area contributed by atoms with Crippen LogP contribution in [-0.4, -0.2) is 28.1 Å². The number of carboxylic acids is 1. The van der Waals surface area contributed by atoms with Crippen molar-refractivity contribution in [1.82, 2.24) is 0 Å². The summed E-state index contributed by atoms with van der Waals surface area (Å²) in [6.45, 7) is 6.49. The highest BCUT2D eigenvalue weighted by molar-refractivity contribution is 6.07. The van der Waals surface area contributed by atoms with Gasteiger partial charge in [0.25, 0.3) is 0 Å². The van der Waals surface area contributed by atoms with Crippen molar-refractivity contribution >= 4 is 11.8 Å². The molecule has 0 aromatic carbocycles. The van der Waals surface area contributed by atoms with Crippen LogP contribution in [-0.2, 0) is 9.59 Å². The highest BCUT2D eigenvalue weighted by Crippen LogP contribution is 2.29. The average molecular weight is 363 g/mol. The highest BCUT2D eigenvalue weighted by Gasteiger charge is 2.22. The second kappa shape index (κ2) is 11.1. The standard InChI is InChI=1S/C22H34O4/c1-4-15-22(2,3)16-18(23)13-11-17-12-14-20(24)19(17)9-7-5-6-8-10-21(25)26/h9,11-14,17-18,23H,4-8,10,15-16H2,1-3H3,(H,25,26)/b13-11+,19-9-. The zero-order chi connectivity index (χ0) is 19.6. The van der Waals surface area contributed by atoms with Crippen molar-refractivity contribution in [3.63, 3.8) is 0 Å². The van der Waals surface area contributed by atoms with Crippen molar-refractivity contribution < 1.29 is 19.8 Å². The highest BCUT2D eigenvalue weighted by atomic mass is 16.4. The minimum Gasteiger partial charge on any atom is -0.481 e. The number of unbranched alkanes of at least 4 members (excludes halogenated alkanes) is 3. The molecule has 0 heterocycles. The quantitative estimate of drug-likeness (QED) is 0.296. The Morgan fingerprint density at radius 2 is 2.04 bits per heavy atom. The SMILES string of the molecule is CCCC(C)(C)CC(O)/C=C/C1C=CC(=O)/C1=C\CCCCCC(=O)O. The number of hydrogen-bond donors (Lipinski definition) is 2. The summed E-state index contributed by atoms with van der Waals surface area (Å²) in [5, 5.41) is 18.9. The first-order valence-electron chi connectivity index (χ1n) is 9.76. The molecule has 2 unspecified atom stereocenters. The monoisotopic (exact) mass is 362 g/mol. The molecule has 1 rings (SSSR count). The zero-order valence-corrected chi connectivity index (χ0v) is 16.4. The van der Waals surface area contributed by atoms with E-state index in [2.05, 4.69) is 20.8 Å². The molecule has 1 aliphatic rings. The molecule has 146 valence electrons. The lowest BCUT2D eigenvalue weighted by Crippen LogP contribution is -2.19. The van der Waals surface area contributed by atoms with E-state index in [1.54, 1.807) is 6.08 Å². The van der Waals surface area contributed by atoms with E-state index < -0.39 is 12.1 Å². The minimum absolute atomic E-state index is 0.0333. The Morgan fingerprint density at radius 3 is 2.69 bits per heavy atom. The van der Waals surface area contributed by atoms with Gasteiger partial charge in [-0.25, -0.2) is 0 Å². The number of carbonyl (C=O) groups is 2. The Balaban J connectivity index is 2.51. The fourth-order valence-corrected chi connectivity index (χ4v) is 3.48. The van der Waals surface area contributed by atoms with E-state index >= 15 is 0 Å². The topological polar surface area (TPSA) is 74.6 Å². The normalized spacial score (nSPS) is 20.4. The first kappa shape index (κ1) is 22.4. The molecule has 1 aliphatic carbocycles. The number of carbonyl (C=O) groups excluding carboxylic acids is 1. The molecule has 0 saturated carbocycles. The lowest BCUT2D eigenvalue weighted by Gasteiger charge is -2.25. The average Bonchev–Trinajstić information content (AvgIpc) is 2.88. The maximum atomic E-state index is 12.0. The largest absolute Gasteiger partial charge is 0.481 e. The summed E-state index contributed by atoms with van der Waals surface area (Å²) in [6, 6.07) is 0. The second-order valence-electron chi connectivity index (χ2n) is 7.97. The Labute approximate surface area is 157 Å². The molecular formula is C22H34O4. The molecule has 0 aromatic rings. The van der Waals surface area contributed by atoms with Crippen molar-refractivity contribution in [1.29, 1.82) is 0 Å². The molecule has 0 saturated heterocycles. The van der Waals surface area contributed by atoms with Gasteiger partial charge in [-0.15, -0.1) is 0 Å². The molecule has 0 fully saturated rings. The van der Waals surface area contributed by atoms with Crippen molar-refractivity contribution in [2.24, 2.45) is 11.3 Å². The van der Waals surface area contributed by atoms with Gasteiger partial charge in [-0.3, -0.25) is 9.59 Å². The number of rotatable bonds is 12. The number of aliphatic hydroxyl groups excluding tert-OH is 1. The van der Waals surface area contributed by atoms with E-state index in [1.807, 2.05) is 24.3 Å². The molecule has 0 amide bonds. The number of aliphatic carboxylic acids is 1.